The molecule has 0 fully saturated rings. The van der Waals surface area contributed by atoms with Crippen LogP contribution in [0.15, 0.2) is 36.4 Å². The maximum absolute atomic E-state index is 14.2. The first-order valence-corrected chi connectivity index (χ1v) is 9.90. The maximum atomic E-state index is 14.2. The minimum Gasteiger partial charge on any atom is -0.376 e. The molecule has 0 saturated carbocycles. The van der Waals surface area contributed by atoms with E-state index in [-0.39, 0.29) is 35.3 Å². The summed E-state index contributed by atoms with van der Waals surface area (Å²) in [6.07, 6.45) is -1.85. The number of alkyl halides is 3. The first kappa shape index (κ1) is 22.6. The number of nitrogens with one attached hydrogen (secondary N) is 3. The highest BCUT2D eigenvalue weighted by atomic mass is 19.4. The summed E-state index contributed by atoms with van der Waals surface area (Å²) >= 11 is 0. The molecule has 0 spiro atoms. The zero-order valence-electron chi connectivity index (χ0n) is 16.9. The lowest BCUT2D eigenvalue weighted by Gasteiger charge is -2.26. The van der Waals surface area contributed by atoms with E-state index in [1.165, 1.54) is 18.6 Å². The second kappa shape index (κ2) is 9.36. The van der Waals surface area contributed by atoms with Gasteiger partial charge in [0.25, 0.3) is 5.91 Å². The molecular formula is C22H23F4N3O2. The van der Waals surface area contributed by atoms with Crippen molar-refractivity contribution in [3.8, 4) is 0 Å². The van der Waals surface area contributed by atoms with Gasteiger partial charge in [-0.1, -0.05) is 24.3 Å². The number of anilines is 1. The van der Waals surface area contributed by atoms with Gasteiger partial charge >= 0.3 is 6.18 Å². The molecule has 3 rings (SSSR count). The molecule has 9 heteroatoms. The number of rotatable bonds is 6. The highest BCUT2D eigenvalue weighted by Gasteiger charge is 2.28. The van der Waals surface area contributed by atoms with Gasteiger partial charge in [0.1, 0.15) is 12.4 Å². The average molecular weight is 437 g/mol. The maximum Gasteiger partial charge on any atom is 0.405 e. The Kier molecular flexibility index (Phi) is 6.82. The second-order valence-corrected chi connectivity index (χ2v) is 7.49. The number of carbonyl (C=O) groups excluding carboxylic acids is 2. The summed E-state index contributed by atoms with van der Waals surface area (Å²) in [5, 5.41) is 7.44. The Morgan fingerprint density at radius 3 is 2.65 bits per heavy atom. The van der Waals surface area contributed by atoms with Gasteiger partial charge in [0.2, 0.25) is 5.91 Å². The van der Waals surface area contributed by atoms with Crippen LogP contribution < -0.4 is 16.0 Å². The number of halogens is 4. The monoisotopic (exact) mass is 437 g/mol. The Morgan fingerprint density at radius 1 is 1.16 bits per heavy atom. The fraction of sp³-hybridized carbons (Fsp3) is 0.364. The molecule has 1 atom stereocenters. The van der Waals surface area contributed by atoms with Crippen LogP contribution >= 0.6 is 0 Å². The smallest absolute Gasteiger partial charge is 0.376 e. The number of amides is 2. The second-order valence-electron chi connectivity index (χ2n) is 7.49. The van der Waals surface area contributed by atoms with Crippen LogP contribution in [-0.2, 0) is 11.2 Å². The van der Waals surface area contributed by atoms with E-state index in [2.05, 4.69) is 10.6 Å². The van der Waals surface area contributed by atoms with Crippen LogP contribution in [0.1, 0.15) is 45.9 Å². The standard InChI is InChI=1S/C22H23F4N3O2/c1-13-17(23)9-15(21(31)28-12-22(24,25)26)10-19(13)27-11-20(30)29-18-8-4-6-14-5-2-3-7-16(14)18/h2-3,5,7,9-10,18,27H,4,6,8,11-12H2,1H3,(H,28,31)(H,29,30). The molecule has 3 N–H and O–H groups in total. The molecule has 0 heterocycles. The van der Waals surface area contributed by atoms with Crippen molar-refractivity contribution in [2.45, 2.75) is 38.4 Å². The third-order valence-corrected chi connectivity index (χ3v) is 5.20. The lowest BCUT2D eigenvalue weighted by atomic mass is 9.88. The lowest BCUT2D eigenvalue weighted by Crippen LogP contribution is -2.35. The van der Waals surface area contributed by atoms with Crippen molar-refractivity contribution in [2.75, 3.05) is 18.4 Å². The van der Waals surface area contributed by atoms with Gasteiger partial charge in [0.15, 0.2) is 0 Å². The third kappa shape index (κ3) is 5.96. The molecule has 0 aliphatic heterocycles. The highest BCUT2D eigenvalue weighted by Crippen LogP contribution is 2.29. The Bertz CT molecular complexity index is 976. The molecule has 31 heavy (non-hydrogen) atoms. The van der Waals surface area contributed by atoms with E-state index in [0.29, 0.717) is 0 Å². The quantitative estimate of drug-likeness (QED) is 0.598. The molecule has 1 aliphatic rings. The van der Waals surface area contributed by atoms with E-state index in [1.807, 2.05) is 24.3 Å². The van der Waals surface area contributed by atoms with Gasteiger partial charge < -0.3 is 16.0 Å². The number of aryl methyl sites for hydroxylation is 1. The topological polar surface area (TPSA) is 70.2 Å². The van der Waals surface area contributed by atoms with E-state index >= 15 is 0 Å². The van der Waals surface area contributed by atoms with Gasteiger partial charge in [-0.3, -0.25) is 9.59 Å². The van der Waals surface area contributed by atoms with Crippen molar-refractivity contribution in [1.82, 2.24) is 10.6 Å². The minimum absolute atomic E-state index is 0.114. The van der Waals surface area contributed by atoms with Crippen molar-refractivity contribution in [3.63, 3.8) is 0 Å². The van der Waals surface area contributed by atoms with Crippen molar-refractivity contribution in [1.29, 1.82) is 0 Å². The SMILES string of the molecule is Cc1c(F)cc(C(=O)NCC(F)(F)F)cc1NCC(=O)NC1CCCc2ccccc21. The van der Waals surface area contributed by atoms with Crippen LogP contribution in [0.5, 0.6) is 0 Å². The van der Waals surface area contributed by atoms with Crippen LogP contribution in [-0.4, -0.2) is 31.1 Å². The Hall–Kier alpha value is -3.10. The lowest BCUT2D eigenvalue weighted by molar-refractivity contribution is -0.123. The third-order valence-electron chi connectivity index (χ3n) is 5.20. The summed E-state index contributed by atoms with van der Waals surface area (Å²) in [7, 11) is 0. The van der Waals surface area contributed by atoms with Gasteiger partial charge in [-0.05, 0) is 49.4 Å². The summed E-state index contributed by atoms with van der Waals surface area (Å²) < 4.78 is 51.1. The van der Waals surface area contributed by atoms with E-state index in [4.69, 9.17) is 0 Å². The Balaban J connectivity index is 1.64. The number of carbonyl (C=O) groups is 2. The van der Waals surface area contributed by atoms with Crippen LogP contribution in [0, 0.1) is 12.7 Å². The van der Waals surface area contributed by atoms with E-state index in [9.17, 15) is 27.2 Å². The molecule has 166 valence electrons. The molecule has 1 aliphatic carbocycles. The van der Waals surface area contributed by atoms with Crippen LogP contribution in [0.4, 0.5) is 23.2 Å². The van der Waals surface area contributed by atoms with E-state index < -0.39 is 24.4 Å². The minimum atomic E-state index is -4.57. The highest BCUT2D eigenvalue weighted by molar-refractivity contribution is 5.95. The largest absolute Gasteiger partial charge is 0.405 e. The van der Waals surface area contributed by atoms with Gasteiger partial charge in [-0.2, -0.15) is 13.2 Å². The number of hydrogen-bond donors (Lipinski definition) is 3. The summed E-state index contributed by atoms with van der Waals surface area (Å²) in [6.45, 7) is -0.244. The predicted molar refractivity (Wildman–Crippen MR) is 108 cm³/mol. The van der Waals surface area contributed by atoms with Gasteiger partial charge in [-0.15, -0.1) is 0 Å². The summed E-state index contributed by atoms with van der Waals surface area (Å²) in [5.41, 5.74) is 2.33. The van der Waals surface area contributed by atoms with E-state index in [1.54, 1.807) is 5.32 Å². The molecule has 2 aromatic rings. The number of fused-ring (bicyclic) bond motifs is 1. The van der Waals surface area contributed by atoms with Gasteiger partial charge in [0, 0.05) is 16.8 Å². The van der Waals surface area contributed by atoms with Crippen LogP contribution in [0.2, 0.25) is 0 Å². The van der Waals surface area contributed by atoms with Crippen molar-refractivity contribution >= 4 is 17.5 Å². The Morgan fingerprint density at radius 2 is 1.90 bits per heavy atom. The molecule has 0 radical (unpaired) electrons. The first-order chi connectivity index (χ1) is 14.6. The summed E-state index contributed by atoms with van der Waals surface area (Å²) in [4.78, 5) is 24.4. The fourth-order valence-electron chi connectivity index (χ4n) is 3.60. The molecule has 2 amide bonds. The van der Waals surface area contributed by atoms with Crippen molar-refractivity contribution in [2.24, 2.45) is 0 Å². The fourth-order valence-corrected chi connectivity index (χ4v) is 3.60. The van der Waals surface area contributed by atoms with E-state index in [0.717, 1.165) is 30.9 Å². The zero-order valence-corrected chi connectivity index (χ0v) is 16.9. The molecule has 5 nitrogen and oxygen atoms in total. The average Bonchev–Trinajstić information content (AvgIpc) is 2.72. The molecule has 2 aromatic carbocycles. The molecular weight excluding hydrogens is 414 g/mol. The zero-order chi connectivity index (χ0) is 22.6. The Labute approximate surface area is 177 Å². The summed E-state index contributed by atoms with van der Waals surface area (Å²) in [5.74, 6) is -2.13. The van der Waals surface area contributed by atoms with Crippen molar-refractivity contribution in [3.05, 3.63) is 64.5 Å². The summed E-state index contributed by atoms with van der Waals surface area (Å²) in [6, 6.07) is 9.88. The normalized spacial score (nSPS) is 15.7. The van der Waals surface area contributed by atoms with Gasteiger partial charge in [0.05, 0.1) is 12.6 Å². The van der Waals surface area contributed by atoms with Crippen LogP contribution in [0.3, 0.4) is 0 Å². The molecule has 0 aromatic heterocycles. The predicted octanol–water partition coefficient (Wildman–Crippen LogP) is 4.03. The van der Waals surface area contributed by atoms with Crippen molar-refractivity contribution < 1.29 is 27.2 Å². The number of benzene rings is 2. The number of hydrogen-bond acceptors (Lipinski definition) is 3. The first-order valence-electron chi connectivity index (χ1n) is 9.90. The molecule has 1 unspecified atom stereocenters. The van der Waals surface area contributed by atoms with Gasteiger partial charge in [-0.25, -0.2) is 4.39 Å². The van der Waals surface area contributed by atoms with Crippen LogP contribution in [0.25, 0.3) is 0 Å². The molecule has 0 saturated heterocycles. The molecule has 0 bridgehead atoms.